The molecule has 0 saturated carbocycles. The van der Waals surface area contributed by atoms with E-state index in [1.54, 1.807) is 13.8 Å². The maximum Gasteiger partial charge on any atom is 0.193 e. The molecular formula is C22H16O8S2-2. The minimum absolute atomic E-state index is 0.0119. The second-order valence-corrected chi connectivity index (χ2v) is 9.86. The van der Waals surface area contributed by atoms with E-state index < -0.39 is 41.6 Å². The SMILES string of the molecule is Cc1ccc(S(=O)(=O)[O-])cc1C(=O)c1cccc(C(=O)c2cc(S(=O)(=O)[O-])ccc2C)c1. The monoisotopic (exact) mass is 472 g/mol. The van der Waals surface area contributed by atoms with E-state index in [1.165, 1.54) is 36.4 Å². The molecule has 8 nitrogen and oxygen atoms in total. The van der Waals surface area contributed by atoms with Crippen LogP contribution in [0.1, 0.15) is 43.0 Å². The smallest absolute Gasteiger partial charge is 0.193 e. The van der Waals surface area contributed by atoms with E-state index in [2.05, 4.69) is 0 Å². The summed E-state index contributed by atoms with van der Waals surface area (Å²) < 4.78 is 67.9. The van der Waals surface area contributed by atoms with E-state index in [4.69, 9.17) is 0 Å². The summed E-state index contributed by atoms with van der Waals surface area (Å²) in [5.74, 6) is -1.20. The Morgan fingerprint density at radius 1 is 0.625 bits per heavy atom. The Balaban J connectivity index is 2.05. The minimum Gasteiger partial charge on any atom is -0.744 e. The van der Waals surface area contributed by atoms with Crippen molar-refractivity contribution in [1.29, 1.82) is 0 Å². The fourth-order valence-corrected chi connectivity index (χ4v) is 4.11. The number of carbonyl (C=O) groups is 2. The highest BCUT2D eigenvalue weighted by Crippen LogP contribution is 2.22. The van der Waals surface area contributed by atoms with E-state index in [1.807, 2.05) is 0 Å². The molecule has 0 radical (unpaired) electrons. The zero-order valence-electron chi connectivity index (χ0n) is 16.9. The number of hydrogen-bond acceptors (Lipinski definition) is 8. The van der Waals surface area contributed by atoms with Gasteiger partial charge in [0.25, 0.3) is 0 Å². The van der Waals surface area contributed by atoms with Gasteiger partial charge in [-0.25, -0.2) is 16.8 Å². The molecule has 0 N–H and O–H groups in total. The van der Waals surface area contributed by atoms with Crippen LogP contribution >= 0.6 is 0 Å². The molecule has 0 bridgehead atoms. The summed E-state index contributed by atoms with van der Waals surface area (Å²) >= 11 is 0. The molecule has 3 aromatic carbocycles. The van der Waals surface area contributed by atoms with Crippen molar-refractivity contribution in [2.75, 3.05) is 0 Å². The van der Waals surface area contributed by atoms with Crippen LogP contribution in [0.5, 0.6) is 0 Å². The molecule has 3 aromatic rings. The standard InChI is InChI=1S/C22H18O8S2/c1-13-6-8-17(31(25,26)27)11-19(13)21(23)15-4-3-5-16(10-15)22(24)20-12-18(32(28,29)30)9-7-14(20)2/h3-12H,1-2H3,(H,25,26,27)(H,28,29,30)/p-2. The first-order valence-electron chi connectivity index (χ1n) is 9.11. The summed E-state index contributed by atoms with van der Waals surface area (Å²) in [7, 11) is -9.53. The van der Waals surface area contributed by atoms with Gasteiger partial charge in [-0.15, -0.1) is 0 Å². The van der Waals surface area contributed by atoms with Crippen LogP contribution < -0.4 is 0 Å². The third-order valence-corrected chi connectivity index (χ3v) is 6.53. The third-order valence-electron chi connectivity index (χ3n) is 4.87. The summed E-state index contributed by atoms with van der Waals surface area (Å²) in [4.78, 5) is 24.9. The minimum atomic E-state index is -4.77. The van der Waals surface area contributed by atoms with E-state index in [0.717, 1.165) is 24.3 Å². The van der Waals surface area contributed by atoms with Gasteiger partial charge in [0.2, 0.25) is 0 Å². The van der Waals surface area contributed by atoms with E-state index in [0.29, 0.717) is 11.1 Å². The van der Waals surface area contributed by atoms with Gasteiger partial charge in [0.15, 0.2) is 11.6 Å². The summed E-state index contributed by atoms with van der Waals surface area (Å²) in [5.41, 5.74) is 0.963. The average molecular weight is 472 g/mol. The van der Waals surface area contributed by atoms with Crippen molar-refractivity contribution in [2.45, 2.75) is 23.6 Å². The van der Waals surface area contributed by atoms with Crippen LogP contribution in [0, 0.1) is 13.8 Å². The molecule has 32 heavy (non-hydrogen) atoms. The van der Waals surface area contributed by atoms with Crippen LogP contribution in [0.4, 0.5) is 0 Å². The third kappa shape index (κ3) is 4.83. The quantitative estimate of drug-likeness (QED) is 0.392. The van der Waals surface area contributed by atoms with Crippen molar-refractivity contribution in [3.05, 3.63) is 94.0 Å². The van der Waals surface area contributed by atoms with Crippen LogP contribution in [0.2, 0.25) is 0 Å². The Kier molecular flexibility index (Phi) is 6.16. The van der Waals surface area contributed by atoms with Gasteiger partial charge in [-0.2, -0.15) is 0 Å². The second kappa shape index (κ2) is 8.40. The molecule has 0 amide bonds. The molecule has 0 heterocycles. The lowest BCUT2D eigenvalue weighted by atomic mass is 9.94. The highest BCUT2D eigenvalue weighted by molar-refractivity contribution is 7.86. The molecule has 0 unspecified atom stereocenters. The molecule has 0 aliphatic carbocycles. The fraction of sp³-hybridized carbons (Fsp3) is 0.0909. The van der Waals surface area contributed by atoms with Crippen molar-refractivity contribution < 1.29 is 35.5 Å². The van der Waals surface area contributed by atoms with Gasteiger partial charge < -0.3 is 9.11 Å². The normalized spacial score (nSPS) is 11.9. The molecule has 0 fully saturated rings. The predicted octanol–water partition coefficient (Wildman–Crippen LogP) is 2.57. The van der Waals surface area contributed by atoms with Gasteiger partial charge in [0.1, 0.15) is 20.2 Å². The number of carbonyl (C=O) groups excluding carboxylic acids is 2. The molecular weight excluding hydrogens is 456 g/mol. The van der Waals surface area contributed by atoms with Crippen molar-refractivity contribution in [3.63, 3.8) is 0 Å². The van der Waals surface area contributed by atoms with Gasteiger partial charge >= 0.3 is 0 Å². The van der Waals surface area contributed by atoms with Crippen molar-refractivity contribution in [2.24, 2.45) is 0 Å². The molecule has 0 atom stereocenters. The Labute approximate surface area is 185 Å². The van der Waals surface area contributed by atoms with E-state index >= 15 is 0 Å². The van der Waals surface area contributed by atoms with Gasteiger partial charge in [-0.3, -0.25) is 9.59 Å². The number of rotatable bonds is 6. The largest absolute Gasteiger partial charge is 0.744 e. The van der Waals surface area contributed by atoms with Gasteiger partial charge in [0.05, 0.1) is 9.79 Å². The van der Waals surface area contributed by atoms with Crippen LogP contribution in [-0.2, 0) is 20.2 Å². The lowest BCUT2D eigenvalue weighted by Gasteiger charge is -2.13. The second-order valence-electron chi connectivity index (χ2n) is 7.10. The number of benzene rings is 3. The summed E-state index contributed by atoms with van der Waals surface area (Å²) in [6.07, 6.45) is 0. The molecule has 3 rings (SSSR count). The van der Waals surface area contributed by atoms with Crippen molar-refractivity contribution in [1.82, 2.24) is 0 Å². The van der Waals surface area contributed by atoms with Crippen LogP contribution in [0.3, 0.4) is 0 Å². The fourth-order valence-electron chi connectivity index (χ4n) is 3.12. The molecule has 0 aliphatic rings. The molecule has 166 valence electrons. The van der Waals surface area contributed by atoms with Gasteiger partial charge in [0, 0.05) is 22.3 Å². The molecule has 0 spiro atoms. The molecule has 0 aliphatic heterocycles. The van der Waals surface area contributed by atoms with Crippen LogP contribution in [-0.4, -0.2) is 37.5 Å². The Morgan fingerprint density at radius 2 is 1.00 bits per heavy atom. The van der Waals surface area contributed by atoms with Crippen molar-refractivity contribution in [3.8, 4) is 0 Å². The van der Waals surface area contributed by atoms with E-state index in [-0.39, 0.29) is 22.3 Å². The number of aryl methyl sites for hydroxylation is 2. The first-order chi connectivity index (χ1) is 14.8. The van der Waals surface area contributed by atoms with E-state index in [9.17, 15) is 35.5 Å². The Bertz CT molecular complexity index is 1360. The lowest BCUT2D eigenvalue weighted by Crippen LogP contribution is -2.10. The summed E-state index contributed by atoms with van der Waals surface area (Å²) in [5, 5.41) is 0. The number of hydrogen-bond donors (Lipinski definition) is 0. The molecule has 0 saturated heterocycles. The first kappa shape index (κ1) is 23.5. The lowest BCUT2D eigenvalue weighted by molar-refractivity contribution is 0.103. The zero-order valence-corrected chi connectivity index (χ0v) is 18.5. The average Bonchev–Trinajstić information content (AvgIpc) is 2.72. The highest BCUT2D eigenvalue weighted by Gasteiger charge is 2.18. The Morgan fingerprint density at radius 3 is 1.34 bits per heavy atom. The maximum atomic E-state index is 13.0. The topological polar surface area (TPSA) is 149 Å². The highest BCUT2D eigenvalue weighted by atomic mass is 32.2. The van der Waals surface area contributed by atoms with Gasteiger partial charge in [-0.05, 0) is 55.3 Å². The van der Waals surface area contributed by atoms with Crippen molar-refractivity contribution >= 4 is 31.8 Å². The molecule has 0 aromatic heterocycles. The van der Waals surface area contributed by atoms with Crippen LogP contribution in [0.15, 0.2) is 70.5 Å². The maximum absolute atomic E-state index is 13.0. The predicted molar refractivity (Wildman–Crippen MR) is 112 cm³/mol. The molecule has 10 heteroatoms. The first-order valence-corrected chi connectivity index (χ1v) is 11.9. The van der Waals surface area contributed by atoms with Crippen LogP contribution in [0.25, 0.3) is 0 Å². The van der Waals surface area contributed by atoms with Gasteiger partial charge in [-0.1, -0.05) is 30.3 Å². The zero-order chi connectivity index (χ0) is 23.8. The summed E-state index contributed by atoms with van der Waals surface area (Å²) in [6.45, 7) is 3.14. The number of ketones is 2. The summed E-state index contributed by atoms with van der Waals surface area (Å²) in [6, 6.07) is 12.4. The Hall–Kier alpha value is -3.18.